The molecule has 1 saturated heterocycles. The van der Waals surface area contributed by atoms with Crippen LogP contribution in [0, 0.1) is 11.3 Å². The highest BCUT2D eigenvalue weighted by molar-refractivity contribution is 5.79. The Morgan fingerprint density at radius 1 is 1.19 bits per heavy atom. The molecule has 5 heteroatoms. The molecule has 0 saturated carbocycles. The molecule has 1 unspecified atom stereocenters. The van der Waals surface area contributed by atoms with E-state index in [0.717, 1.165) is 48.5 Å². The van der Waals surface area contributed by atoms with Gasteiger partial charge < -0.3 is 15.2 Å². The molecule has 0 spiro atoms. The van der Waals surface area contributed by atoms with E-state index in [4.69, 9.17) is 16.0 Å². The normalized spacial score (nSPS) is 18.7. The van der Waals surface area contributed by atoms with E-state index < -0.39 is 0 Å². The number of imidazole rings is 1. The molecular formula is C21H23N5. The Morgan fingerprint density at radius 2 is 1.96 bits per heavy atom. The maximum Gasteiger partial charge on any atom is 0.207 e. The monoisotopic (exact) mass is 345 g/mol. The minimum atomic E-state index is 0.114. The fourth-order valence-electron chi connectivity index (χ4n) is 3.81. The van der Waals surface area contributed by atoms with Crippen molar-refractivity contribution in [3.05, 3.63) is 59.7 Å². The molecule has 26 heavy (non-hydrogen) atoms. The van der Waals surface area contributed by atoms with E-state index in [1.54, 1.807) is 0 Å². The van der Waals surface area contributed by atoms with Crippen LogP contribution in [0.25, 0.3) is 11.0 Å². The van der Waals surface area contributed by atoms with Gasteiger partial charge in [-0.1, -0.05) is 24.3 Å². The topological polar surface area (TPSA) is 70.9 Å². The summed E-state index contributed by atoms with van der Waals surface area (Å²) < 4.78 is 2.30. The van der Waals surface area contributed by atoms with Gasteiger partial charge in [-0.15, -0.1) is 0 Å². The van der Waals surface area contributed by atoms with Gasteiger partial charge in [0, 0.05) is 19.1 Å². The molecule has 2 atom stereocenters. The van der Waals surface area contributed by atoms with Crippen molar-refractivity contribution in [3.63, 3.8) is 0 Å². The number of hydrogen-bond donors (Lipinski definition) is 1. The first kappa shape index (κ1) is 16.6. The summed E-state index contributed by atoms with van der Waals surface area (Å²) in [5.74, 6) is 0.984. The molecular weight excluding hydrogens is 322 g/mol. The zero-order valence-corrected chi connectivity index (χ0v) is 15.0. The molecule has 0 radical (unpaired) electrons. The lowest BCUT2D eigenvalue weighted by Gasteiger charge is -2.33. The summed E-state index contributed by atoms with van der Waals surface area (Å²) in [6.07, 6.45) is 2.16. The lowest BCUT2D eigenvalue weighted by molar-refractivity contribution is 0.490. The third-order valence-electron chi connectivity index (χ3n) is 5.23. The quantitative estimate of drug-likeness (QED) is 0.789. The summed E-state index contributed by atoms with van der Waals surface area (Å²) in [5, 5.41) is 9.05. The summed E-state index contributed by atoms with van der Waals surface area (Å²) in [4.78, 5) is 7.25. The third kappa shape index (κ3) is 2.93. The van der Waals surface area contributed by atoms with Crippen molar-refractivity contribution in [3.8, 4) is 6.07 Å². The van der Waals surface area contributed by atoms with Gasteiger partial charge in [0.25, 0.3) is 0 Å². The Bertz CT molecular complexity index is 951. The lowest BCUT2D eigenvalue weighted by Crippen LogP contribution is -2.44. The van der Waals surface area contributed by atoms with Crippen LogP contribution in [-0.4, -0.2) is 28.7 Å². The van der Waals surface area contributed by atoms with E-state index in [-0.39, 0.29) is 12.1 Å². The number of nitrogens with zero attached hydrogens (tertiary/aromatic N) is 4. The molecule has 2 heterocycles. The van der Waals surface area contributed by atoms with Gasteiger partial charge in [0.15, 0.2) is 0 Å². The molecule has 0 bridgehead atoms. The van der Waals surface area contributed by atoms with Gasteiger partial charge in [-0.05, 0) is 49.6 Å². The van der Waals surface area contributed by atoms with Crippen molar-refractivity contribution in [1.82, 2.24) is 9.55 Å². The van der Waals surface area contributed by atoms with Crippen molar-refractivity contribution in [2.45, 2.75) is 31.8 Å². The first-order chi connectivity index (χ1) is 12.7. The Balaban J connectivity index is 1.81. The second-order valence-electron chi connectivity index (χ2n) is 7.03. The predicted molar refractivity (Wildman–Crippen MR) is 104 cm³/mol. The van der Waals surface area contributed by atoms with Crippen molar-refractivity contribution < 1.29 is 0 Å². The van der Waals surface area contributed by atoms with E-state index >= 15 is 0 Å². The smallest absolute Gasteiger partial charge is 0.207 e. The van der Waals surface area contributed by atoms with Crippen LogP contribution in [0.1, 0.15) is 36.9 Å². The number of nitriles is 1. The first-order valence-corrected chi connectivity index (χ1v) is 9.15. The second kappa shape index (κ2) is 6.81. The molecule has 5 nitrogen and oxygen atoms in total. The van der Waals surface area contributed by atoms with Crippen LogP contribution in [0.15, 0.2) is 48.5 Å². The average Bonchev–Trinajstić information content (AvgIpc) is 3.07. The molecule has 4 rings (SSSR count). The molecule has 0 aliphatic carbocycles. The Kier molecular flexibility index (Phi) is 4.36. The van der Waals surface area contributed by atoms with Crippen LogP contribution in [-0.2, 0) is 0 Å². The predicted octanol–water partition coefficient (Wildman–Crippen LogP) is 3.44. The molecule has 2 aromatic carbocycles. The van der Waals surface area contributed by atoms with E-state index in [2.05, 4.69) is 40.7 Å². The third-order valence-corrected chi connectivity index (χ3v) is 5.23. The molecule has 1 aromatic heterocycles. The van der Waals surface area contributed by atoms with Crippen LogP contribution in [0.2, 0.25) is 0 Å². The Hall–Kier alpha value is -2.84. The zero-order chi connectivity index (χ0) is 18.1. The molecule has 1 aliphatic heterocycles. The molecule has 1 fully saturated rings. The standard InChI is InChI=1S/C21H23N5/c1-15(17-10-8-16(13-22)9-11-17)26-20-7-3-2-6-19(20)24-21(26)25-12-4-5-18(23)14-25/h2-3,6-11,15,18H,4-5,12,14,23H2,1H3/t15-,18?/m0/s1. The second-order valence-corrected chi connectivity index (χ2v) is 7.03. The van der Waals surface area contributed by atoms with E-state index in [9.17, 15) is 0 Å². The van der Waals surface area contributed by atoms with Crippen LogP contribution in [0.4, 0.5) is 5.95 Å². The number of fused-ring (bicyclic) bond motifs is 1. The number of benzene rings is 2. The maximum atomic E-state index is 9.05. The maximum absolute atomic E-state index is 9.05. The summed E-state index contributed by atoms with van der Waals surface area (Å²) >= 11 is 0. The summed E-state index contributed by atoms with van der Waals surface area (Å²) in [7, 11) is 0. The summed E-state index contributed by atoms with van der Waals surface area (Å²) in [6.45, 7) is 4.00. The fourth-order valence-corrected chi connectivity index (χ4v) is 3.81. The molecule has 0 amide bonds. The molecule has 1 aliphatic rings. The number of rotatable bonds is 3. The van der Waals surface area contributed by atoms with Gasteiger partial charge in [-0.3, -0.25) is 0 Å². The van der Waals surface area contributed by atoms with Crippen molar-refractivity contribution in [2.24, 2.45) is 5.73 Å². The van der Waals surface area contributed by atoms with Gasteiger partial charge in [-0.2, -0.15) is 5.26 Å². The molecule has 3 aromatic rings. The number of anilines is 1. The largest absolute Gasteiger partial charge is 0.341 e. The van der Waals surface area contributed by atoms with Crippen molar-refractivity contribution in [1.29, 1.82) is 5.26 Å². The number of hydrogen-bond acceptors (Lipinski definition) is 4. The first-order valence-electron chi connectivity index (χ1n) is 9.15. The number of nitrogens with two attached hydrogens (primary N) is 1. The fraction of sp³-hybridized carbons (Fsp3) is 0.333. The summed E-state index contributed by atoms with van der Waals surface area (Å²) in [6, 6.07) is 18.6. The van der Waals surface area contributed by atoms with Crippen molar-refractivity contribution in [2.75, 3.05) is 18.0 Å². The van der Waals surface area contributed by atoms with Gasteiger partial charge in [-0.25, -0.2) is 4.98 Å². The highest BCUT2D eigenvalue weighted by atomic mass is 15.3. The minimum absolute atomic E-state index is 0.114. The minimum Gasteiger partial charge on any atom is -0.341 e. The van der Waals surface area contributed by atoms with E-state index in [0.29, 0.717) is 5.56 Å². The van der Waals surface area contributed by atoms with E-state index in [1.807, 2.05) is 30.3 Å². The highest BCUT2D eigenvalue weighted by Gasteiger charge is 2.25. The molecule has 132 valence electrons. The summed E-state index contributed by atoms with van der Waals surface area (Å²) in [5.41, 5.74) is 10.2. The van der Waals surface area contributed by atoms with Gasteiger partial charge in [0.05, 0.1) is 28.7 Å². The zero-order valence-electron chi connectivity index (χ0n) is 15.0. The molecule has 2 N–H and O–H groups in total. The Morgan fingerprint density at radius 3 is 2.69 bits per heavy atom. The van der Waals surface area contributed by atoms with E-state index in [1.165, 1.54) is 0 Å². The highest BCUT2D eigenvalue weighted by Crippen LogP contribution is 2.31. The van der Waals surface area contributed by atoms with Gasteiger partial charge in [0.1, 0.15) is 0 Å². The number of piperidine rings is 1. The number of para-hydroxylation sites is 2. The SMILES string of the molecule is C[C@@H](c1ccc(C#N)cc1)n1c(N2CCCC(N)C2)nc2ccccc21. The lowest BCUT2D eigenvalue weighted by atomic mass is 10.1. The van der Waals surface area contributed by atoms with Crippen LogP contribution in [0.3, 0.4) is 0 Å². The van der Waals surface area contributed by atoms with Gasteiger partial charge in [0.2, 0.25) is 5.95 Å². The Labute approximate surface area is 153 Å². The van der Waals surface area contributed by atoms with Gasteiger partial charge >= 0.3 is 0 Å². The number of aromatic nitrogens is 2. The van der Waals surface area contributed by atoms with Crippen LogP contribution >= 0.6 is 0 Å². The van der Waals surface area contributed by atoms with Crippen LogP contribution < -0.4 is 10.6 Å². The average molecular weight is 345 g/mol. The van der Waals surface area contributed by atoms with Crippen LogP contribution in [0.5, 0.6) is 0 Å². The van der Waals surface area contributed by atoms with Crippen molar-refractivity contribution >= 4 is 17.0 Å².